The van der Waals surface area contributed by atoms with E-state index < -0.39 is 6.48 Å². The number of hydrogen-bond donors (Lipinski definition) is 0. The first-order valence-corrected chi connectivity index (χ1v) is 7.09. The molecule has 0 saturated carbocycles. The molecule has 0 bridgehead atoms. The van der Waals surface area contributed by atoms with Crippen molar-refractivity contribution in [2.24, 2.45) is 0 Å². The molecule has 1 fully saturated rings. The zero-order valence-electron chi connectivity index (χ0n) is 12.3. The Morgan fingerprint density at radius 2 is 1.64 bits per heavy atom. The van der Waals surface area contributed by atoms with E-state index in [4.69, 9.17) is 23.7 Å². The number of hydrogen-bond acceptors (Lipinski definition) is 5. The molecule has 1 heterocycles. The lowest BCUT2D eigenvalue weighted by Gasteiger charge is -2.12. The first-order valence-electron chi connectivity index (χ1n) is 7.09. The Balaban J connectivity index is 1.49. The third-order valence-corrected chi connectivity index (χ3v) is 3.15. The monoisotopic (exact) mass is 302 g/mol. The number of para-hydroxylation sites is 1. The van der Waals surface area contributed by atoms with Crippen molar-refractivity contribution in [2.75, 3.05) is 20.3 Å². The van der Waals surface area contributed by atoms with Crippen LogP contribution in [0.2, 0.25) is 0 Å². The van der Waals surface area contributed by atoms with Crippen molar-refractivity contribution in [1.82, 2.24) is 0 Å². The van der Waals surface area contributed by atoms with Crippen molar-refractivity contribution < 1.29 is 23.7 Å². The lowest BCUT2D eigenvalue weighted by atomic mass is 10.3. The summed E-state index contributed by atoms with van der Waals surface area (Å²) in [5, 5.41) is 0. The second-order valence-corrected chi connectivity index (χ2v) is 4.81. The predicted octanol–water partition coefficient (Wildman–Crippen LogP) is 3.20. The highest BCUT2D eigenvalue weighted by Gasteiger charge is 2.26. The molecule has 1 aliphatic rings. The summed E-state index contributed by atoms with van der Waals surface area (Å²) in [4.78, 5) is 0. The summed E-state index contributed by atoms with van der Waals surface area (Å²) in [5.41, 5.74) is 0. The van der Waals surface area contributed by atoms with Gasteiger partial charge in [0.2, 0.25) is 0 Å². The second kappa shape index (κ2) is 7.26. The average Bonchev–Trinajstić information content (AvgIpc) is 3.03. The van der Waals surface area contributed by atoms with Crippen molar-refractivity contribution in [3.05, 3.63) is 54.6 Å². The highest BCUT2D eigenvalue weighted by atomic mass is 16.9. The van der Waals surface area contributed by atoms with Crippen molar-refractivity contribution in [3.8, 4) is 17.2 Å². The van der Waals surface area contributed by atoms with Crippen LogP contribution in [0.4, 0.5) is 0 Å². The number of methoxy groups -OCH3 is 1. The topological polar surface area (TPSA) is 46.2 Å². The summed E-state index contributed by atoms with van der Waals surface area (Å²) in [6.45, 7) is 0.294. The molecule has 0 aromatic heterocycles. The molecule has 22 heavy (non-hydrogen) atoms. The predicted molar refractivity (Wildman–Crippen MR) is 80.1 cm³/mol. The van der Waals surface area contributed by atoms with E-state index in [-0.39, 0.29) is 6.10 Å². The molecule has 2 atom stereocenters. The number of benzene rings is 2. The van der Waals surface area contributed by atoms with Gasteiger partial charge in [0.05, 0.1) is 6.61 Å². The number of rotatable bonds is 6. The molecule has 2 aromatic carbocycles. The molecule has 0 spiro atoms. The Kier molecular flexibility index (Phi) is 4.90. The van der Waals surface area contributed by atoms with Gasteiger partial charge in [-0.1, -0.05) is 18.2 Å². The Morgan fingerprint density at radius 1 is 0.955 bits per heavy atom. The second-order valence-electron chi connectivity index (χ2n) is 4.81. The van der Waals surface area contributed by atoms with Crippen LogP contribution in [-0.4, -0.2) is 32.9 Å². The van der Waals surface area contributed by atoms with Crippen molar-refractivity contribution in [2.45, 2.75) is 12.6 Å². The molecule has 2 aromatic rings. The molecular weight excluding hydrogens is 284 g/mol. The third-order valence-electron chi connectivity index (χ3n) is 3.15. The van der Waals surface area contributed by atoms with Gasteiger partial charge < -0.3 is 23.7 Å². The van der Waals surface area contributed by atoms with Crippen LogP contribution in [0.5, 0.6) is 17.2 Å². The third kappa shape index (κ3) is 3.98. The van der Waals surface area contributed by atoms with Gasteiger partial charge in [-0.05, 0) is 36.4 Å². The fourth-order valence-corrected chi connectivity index (χ4v) is 2.05. The molecule has 5 nitrogen and oxygen atoms in total. The van der Waals surface area contributed by atoms with Gasteiger partial charge in [-0.2, -0.15) is 0 Å². The summed E-state index contributed by atoms with van der Waals surface area (Å²) in [6, 6.07) is 17.1. The lowest BCUT2D eigenvalue weighted by Crippen LogP contribution is -2.21. The highest BCUT2D eigenvalue weighted by molar-refractivity contribution is 5.35. The van der Waals surface area contributed by atoms with Crippen LogP contribution < -0.4 is 9.47 Å². The summed E-state index contributed by atoms with van der Waals surface area (Å²) in [6.07, 6.45) is -0.120. The molecule has 5 heteroatoms. The van der Waals surface area contributed by atoms with Gasteiger partial charge in [0, 0.05) is 7.11 Å². The molecule has 2 unspecified atom stereocenters. The quantitative estimate of drug-likeness (QED) is 0.820. The van der Waals surface area contributed by atoms with E-state index in [9.17, 15) is 0 Å². The van der Waals surface area contributed by atoms with E-state index in [2.05, 4.69) is 0 Å². The van der Waals surface area contributed by atoms with E-state index in [1.807, 2.05) is 54.6 Å². The lowest BCUT2D eigenvalue weighted by molar-refractivity contribution is -0.224. The standard InChI is InChI=1S/C17H18O5/c1-18-17-20-12-16(22-17)11-19-13-7-9-15(10-8-13)21-14-5-3-2-4-6-14/h2-10,16-17H,11-12H2,1H3. The SMILES string of the molecule is COC1OCC(COc2ccc(Oc3ccccc3)cc2)O1. The Morgan fingerprint density at radius 3 is 2.32 bits per heavy atom. The van der Waals surface area contributed by atoms with Crippen molar-refractivity contribution in [1.29, 1.82) is 0 Å². The minimum absolute atomic E-state index is 0.120. The average molecular weight is 302 g/mol. The van der Waals surface area contributed by atoms with E-state index in [0.29, 0.717) is 13.2 Å². The Hall–Kier alpha value is -2.08. The van der Waals surface area contributed by atoms with Crippen LogP contribution >= 0.6 is 0 Å². The van der Waals surface area contributed by atoms with E-state index in [1.54, 1.807) is 7.11 Å². The van der Waals surface area contributed by atoms with Gasteiger partial charge in [-0.25, -0.2) is 0 Å². The van der Waals surface area contributed by atoms with Crippen molar-refractivity contribution in [3.63, 3.8) is 0 Å². The molecule has 116 valence electrons. The zero-order chi connectivity index (χ0) is 15.2. The van der Waals surface area contributed by atoms with Crippen LogP contribution in [-0.2, 0) is 14.2 Å². The Bertz CT molecular complexity index is 569. The largest absolute Gasteiger partial charge is 0.491 e. The highest BCUT2D eigenvalue weighted by Crippen LogP contribution is 2.24. The molecule has 0 amide bonds. The number of ether oxygens (including phenoxy) is 5. The first kappa shape index (κ1) is 14.8. The fraction of sp³-hybridized carbons (Fsp3) is 0.294. The molecule has 0 radical (unpaired) electrons. The first-order chi connectivity index (χ1) is 10.8. The summed E-state index contributed by atoms with van der Waals surface area (Å²) in [7, 11) is 1.54. The smallest absolute Gasteiger partial charge is 0.271 e. The van der Waals surface area contributed by atoms with Gasteiger partial charge in [0.15, 0.2) is 0 Å². The van der Waals surface area contributed by atoms with E-state index in [1.165, 1.54) is 0 Å². The van der Waals surface area contributed by atoms with Gasteiger partial charge in [0.1, 0.15) is 30.0 Å². The van der Waals surface area contributed by atoms with Gasteiger partial charge in [0.25, 0.3) is 6.48 Å². The van der Waals surface area contributed by atoms with Gasteiger partial charge in [-0.3, -0.25) is 0 Å². The minimum atomic E-state index is -0.588. The maximum Gasteiger partial charge on any atom is 0.271 e. The Labute approximate surface area is 129 Å². The maximum absolute atomic E-state index is 5.72. The fourth-order valence-electron chi connectivity index (χ4n) is 2.05. The molecule has 3 rings (SSSR count). The normalized spacial score (nSPS) is 20.8. The van der Waals surface area contributed by atoms with Crippen LogP contribution in [0.1, 0.15) is 0 Å². The van der Waals surface area contributed by atoms with E-state index >= 15 is 0 Å². The van der Waals surface area contributed by atoms with Crippen LogP contribution in [0.15, 0.2) is 54.6 Å². The molecule has 0 aliphatic carbocycles. The van der Waals surface area contributed by atoms with Gasteiger partial charge in [-0.15, -0.1) is 0 Å². The zero-order valence-corrected chi connectivity index (χ0v) is 12.3. The summed E-state index contributed by atoms with van der Waals surface area (Å²) in [5.74, 6) is 2.32. The van der Waals surface area contributed by atoms with Crippen LogP contribution in [0.25, 0.3) is 0 Å². The summed E-state index contributed by atoms with van der Waals surface area (Å²) >= 11 is 0. The van der Waals surface area contributed by atoms with Gasteiger partial charge >= 0.3 is 0 Å². The maximum atomic E-state index is 5.72. The minimum Gasteiger partial charge on any atom is -0.491 e. The van der Waals surface area contributed by atoms with E-state index in [0.717, 1.165) is 17.2 Å². The van der Waals surface area contributed by atoms with Crippen LogP contribution in [0.3, 0.4) is 0 Å². The van der Waals surface area contributed by atoms with Crippen LogP contribution in [0, 0.1) is 0 Å². The van der Waals surface area contributed by atoms with Crippen molar-refractivity contribution >= 4 is 0 Å². The molecule has 1 saturated heterocycles. The summed E-state index contributed by atoms with van der Waals surface area (Å²) < 4.78 is 27.0. The molecule has 1 aliphatic heterocycles. The molecular formula is C17H18O5. The molecule has 0 N–H and O–H groups in total.